The monoisotopic (exact) mass is 726 g/mol. The van der Waals surface area contributed by atoms with Gasteiger partial charge in [0, 0.05) is 30.9 Å². The molecule has 0 saturated carbocycles. The molecular formula is C30H42N6O11S2. The fraction of sp³-hybridized carbons (Fsp3) is 0.500. The first-order valence-electron chi connectivity index (χ1n) is 15.1. The molecule has 0 radical (unpaired) electrons. The number of carbonyl (C=O) groups excluding carboxylic acids is 7. The average molecular weight is 727 g/mol. The van der Waals surface area contributed by atoms with Gasteiger partial charge in [0.1, 0.15) is 23.4 Å². The SMILES string of the molecule is CC(C)[C@H](NC(=O)[C@@H](CCN1C(=O)C=CC1=O)S(=O)(=O)O)C(=O)N[C@@H](CCCNC(N)=O)C(=O)Nc1ccc(COC(=O)C(C)(C)S)cc1. The average Bonchev–Trinajstić information content (AvgIpc) is 3.31. The number of carbonyl (C=O) groups is 7. The molecule has 1 aliphatic heterocycles. The molecule has 0 saturated heterocycles. The first kappa shape index (κ1) is 40.7. The quantitative estimate of drug-likeness (QED) is 0.0349. The van der Waals surface area contributed by atoms with Crippen LogP contribution >= 0.6 is 12.6 Å². The lowest BCUT2D eigenvalue weighted by Crippen LogP contribution is -2.56. The van der Waals surface area contributed by atoms with Crippen molar-refractivity contribution in [3.8, 4) is 0 Å². The summed E-state index contributed by atoms with van der Waals surface area (Å²) >= 11 is 4.16. The standard InChI is InChI=1S/C30H42N6O11S2/c1-17(2)24(35-26(40)21(49(44,45)46)13-15-36-22(37)11-12-23(36)38)27(41)34-20(6-5-14-32-29(31)43)25(39)33-19-9-7-18(8-10-19)16-47-28(42)30(3,4)48/h7-12,17,20-21,24,48H,5-6,13-16H2,1-4H3,(H,33,39)(H,34,41)(H,35,40)(H3,31,32,43)(H,44,45,46)/t20-,21+,24-/m0/s1. The second-order valence-electron chi connectivity index (χ2n) is 12.0. The van der Waals surface area contributed by atoms with Crippen LogP contribution in [0, 0.1) is 5.92 Å². The van der Waals surface area contributed by atoms with Crippen LogP contribution in [-0.4, -0.2) is 94.6 Å². The van der Waals surface area contributed by atoms with E-state index in [0.29, 0.717) is 16.2 Å². The maximum atomic E-state index is 13.4. The molecule has 0 aliphatic carbocycles. The van der Waals surface area contributed by atoms with Crippen molar-refractivity contribution in [1.82, 2.24) is 20.9 Å². The zero-order valence-electron chi connectivity index (χ0n) is 27.4. The highest BCUT2D eigenvalue weighted by atomic mass is 32.2. The molecule has 1 heterocycles. The van der Waals surface area contributed by atoms with E-state index < -0.39 is 92.6 Å². The number of esters is 1. The van der Waals surface area contributed by atoms with Crippen LogP contribution in [-0.2, 0) is 50.2 Å². The summed E-state index contributed by atoms with van der Waals surface area (Å²) in [7, 11) is -5.05. The molecule has 1 aromatic rings. The zero-order valence-corrected chi connectivity index (χ0v) is 29.1. The molecule has 0 unspecified atom stereocenters. The van der Waals surface area contributed by atoms with Crippen molar-refractivity contribution >= 4 is 70.0 Å². The molecule has 0 bridgehead atoms. The van der Waals surface area contributed by atoms with Crippen LogP contribution in [0.2, 0.25) is 0 Å². The Morgan fingerprint density at radius 2 is 1.55 bits per heavy atom. The maximum absolute atomic E-state index is 13.4. The van der Waals surface area contributed by atoms with Crippen molar-refractivity contribution in [3.05, 3.63) is 42.0 Å². The third kappa shape index (κ3) is 13.1. The number of thiol groups is 1. The van der Waals surface area contributed by atoms with Gasteiger partial charge in [-0.25, -0.2) is 4.79 Å². The van der Waals surface area contributed by atoms with Crippen LogP contribution in [0.5, 0.6) is 0 Å². The molecule has 7 amide bonds. The summed E-state index contributed by atoms with van der Waals surface area (Å²) in [4.78, 5) is 87.3. The number of hydrogen-bond donors (Lipinski definition) is 7. The van der Waals surface area contributed by atoms with E-state index in [1.165, 1.54) is 0 Å². The number of rotatable bonds is 18. The van der Waals surface area contributed by atoms with E-state index in [0.717, 1.165) is 12.2 Å². The minimum Gasteiger partial charge on any atom is -0.460 e. The van der Waals surface area contributed by atoms with Crippen molar-refractivity contribution in [1.29, 1.82) is 0 Å². The molecule has 1 aliphatic rings. The Kier molecular flexibility index (Phi) is 14.8. The van der Waals surface area contributed by atoms with Crippen molar-refractivity contribution < 1.29 is 51.3 Å². The Labute approximate surface area is 289 Å². The van der Waals surface area contributed by atoms with Gasteiger partial charge in [0.05, 0.1) is 0 Å². The number of benzene rings is 1. The van der Waals surface area contributed by atoms with Crippen LogP contribution in [0.15, 0.2) is 36.4 Å². The summed E-state index contributed by atoms with van der Waals surface area (Å²) in [6, 6.07) is 2.92. The summed E-state index contributed by atoms with van der Waals surface area (Å²) in [5.74, 6) is -5.39. The van der Waals surface area contributed by atoms with Gasteiger partial charge in [0.25, 0.3) is 21.9 Å². The normalized spacial score (nSPS) is 15.0. The number of hydrogen-bond acceptors (Lipinski definition) is 11. The smallest absolute Gasteiger partial charge is 0.321 e. The van der Waals surface area contributed by atoms with E-state index in [1.807, 2.05) is 0 Å². The molecular weight excluding hydrogens is 684 g/mol. The van der Waals surface area contributed by atoms with Crippen LogP contribution in [0.4, 0.5) is 10.5 Å². The van der Waals surface area contributed by atoms with E-state index in [9.17, 15) is 46.5 Å². The molecule has 17 nitrogen and oxygen atoms in total. The van der Waals surface area contributed by atoms with Gasteiger partial charge in [-0.3, -0.25) is 38.2 Å². The van der Waals surface area contributed by atoms with Gasteiger partial charge in [0.15, 0.2) is 5.25 Å². The molecule has 0 fully saturated rings. The Morgan fingerprint density at radius 1 is 0.959 bits per heavy atom. The highest BCUT2D eigenvalue weighted by molar-refractivity contribution is 7.87. The Bertz CT molecular complexity index is 1540. The molecule has 19 heteroatoms. The van der Waals surface area contributed by atoms with E-state index in [-0.39, 0.29) is 26.0 Å². The van der Waals surface area contributed by atoms with Gasteiger partial charge in [0.2, 0.25) is 17.7 Å². The molecule has 3 atom stereocenters. The number of nitrogens with two attached hydrogens (primary N) is 1. The van der Waals surface area contributed by atoms with Gasteiger partial charge in [-0.1, -0.05) is 26.0 Å². The number of imide groups is 1. The fourth-order valence-electron chi connectivity index (χ4n) is 4.38. The van der Waals surface area contributed by atoms with Gasteiger partial charge in [-0.2, -0.15) is 21.0 Å². The Balaban J connectivity index is 2.16. The van der Waals surface area contributed by atoms with E-state index in [1.54, 1.807) is 52.0 Å². The van der Waals surface area contributed by atoms with Gasteiger partial charge in [-0.05, 0) is 56.7 Å². The first-order valence-corrected chi connectivity index (χ1v) is 17.1. The number of amides is 7. The largest absolute Gasteiger partial charge is 0.460 e. The summed E-state index contributed by atoms with van der Waals surface area (Å²) < 4.78 is 38.2. The van der Waals surface area contributed by atoms with Gasteiger partial charge >= 0.3 is 12.0 Å². The molecule has 7 N–H and O–H groups in total. The Morgan fingerprint density at radius 3 is 2.06 bits per heavy atom. The molecule has 49 heavy (non-hydrogen) atoms. The highest BCUT2D eigenvalue weighted by Crippen LogP contribution is 2.17. The third-order valence-electron chi connectivity index (χ3n) is 7.11. The second kappa shape index (κ2) is 17.8. The molecule has 0 aromatic heterocycles. The van der Waals surface area contributed by atoms with Crippen LogP contribution in [0.1, 0.15) is 52.5 Å². The van der Waals surface area contributed by atoms with Crippen molar-refractivity contribution in [2.24, 2.45) is 11.7 Å². The number of nitrogens with one attached hydrogen (secondary N) is 4. The van der Waals surface area contributed by atoms with E-state index >= 15 is 0 Å². The van der Waals surface area contributed by atoms with E-state index in [2.05, 4.69) is 33.9 Å². The Hall–Kier alpha value is -4.49. The van der Waals surface area contributed by atoms with Crippen LogP contribution < -0.4 is 27.0 Å². The zero-order chi connectivity index (χ0) is 37.1. The number of primary amides is 1. The van der Waals surface area contributed by atoms with Crippen molar-refractivity contribution in [2.45, 2.75) is 75.6 Å². The fourth-order valence-corrected chi connectivity index (χ4v) is 5.19. The topological polar surface area (TPSA) is 260 Å². The van der Waals surface area contributed by atoms with Crippen LogP contribution in [0.25, 0.3) is 0 Å². The highest BCUT2D eigenvalue weighted by Gasteiger charge is 2.37. The summed E-state index contributed by atoms with van der Waals surface area (Å²) in [5, 5.41) is 7.75. The van der Waals surface area contributed by atoms with Gasteiger partial charge in [-0.15, -0.1) is 0 Å². The summed E-state index contributed by atoms with van der Waals surface area (Å²) in [6.07, 6.45) is 1.49. The lowest BCUT2D eigenvalue weighted by Gasteiger charge is -2.27. The van der Waals surface area contributed by atoms with Crippen LogP contribution in [0.3, 0.4) is 0 Å². The predicted octanol–water partition coefficient (Wildman–Crippen LogP) is 0.0223. The first-order chi connectivity index (χ1) is 22.7. The molecule has 270 valence electrons. The number of ether oxygens (including phenoxy) is 1. The molecule has 2 rings (SSSR count). The lowest BCUT2D eigenvalue weighted by molar-refractivity contribution is -0.147. The van der Waals surface area contributed by atoms with E-state index in [4.69, 9.17) is 10.5 Å². The minimum atomic E-state index is -5.05. The number of urea groups is 1. The van der Waals surface area contributed by atoms with Gasteiger partial charge < -0.3 is 31.7 Å². The maximum Gasteiger partial charge on any atom is 0.321 e. The number of anilines is 1. The lowest BCUT2D eigenvalue weighted by atomic mass is 10.0. The summed E-state index contributed by atoms with van der Waals surface area (Å²) in [5.41, 5.74) is 6.06. The van der Waals surface area contributed by atoms with Crippen molar-refractivity contribution in [2.75, 3.05) is 18.4 Å². The third-order valence-corrected chi connectivity index (χ3v) is 8.46. The second-order valence-corrected chi connectivity index (χ2v) is 14.7. The predicted molar refractivity (Wildman–Crippen MR) is 179 cm³/mol. The minimum absolute atomic E-state index is 0.00371. The summed E-state index contributed by atoms with van der Waals surface area (Å²) in [6.45, 7) is 5.81. The molecule has 1 aromatic carbocycles. The van der Waals surface area contributed by atoms with Crippen molar-refractivity contribution in [3.63, 3.8) is 0 Å². The molecule has 0 spiro atoms. The number of nitrogens with zero attached hydrogens (tertiary/aromatic N) is 1.